The van der Waals surface area contributed by atoms with Crippen LogP contribution in [0.3, 0.4) is 0 Å². The van der Waals surface area contributed by atoms with Crippen molar-refractivity contribution in [3.63, 3.8) is 0 Å². The van der Waals surface area contributed by atoms with Crippen LogP contribution < -0.4 is 5.32 Å². The fourth-order valence-electron chi connectivity index (χ4n) is 2.04. The molecule has 0 bridgehead atoms. The number of piperidine rings is 1. The Morgan fingerprint density at radius 2 is 2.06 bits per heavy atom. The minimum Gasteiger partial charge on any atom is -0.350 e. The van der Waals surface area contributed by atoms with E-state index in [-0.39, 0.29) is 23.4 Å². The largest absolute Gasteiger partial charge is 0.350 e. The molecule has 1 amide bonds. The zero-order valence-corrected chi connectivity index (χ0v) is 11.5. The molecule has 1 fully saturated rings. The summed E-state index contributed by atoms with van der Waals surface area (Å²) in [6.07, 6.45) is 0.564. The molecule has 0 radical (unpaired) electrons. The van der Waals surface area contributed by atoms with Crippen LogP contribution in [0.15, 0.2) is 0 Å². The van der Waals surface area contributed by atoms with E-state index in [0.29, 0.717) is 25.3 Å². The molecule has 4 heteroatoms. The van der Waals surface area contributed by atoms with Gasteiger partial charge < -0.3 is 5.32 Å². The minimum atomic E-state index is -0.206. The van der Waals surface area contributed by atoms with Crippen LogP contribution in [-0.4, -0.2) is 41.3 Å². The molecule has 1 saturated heterocycles. The predicted molar refractivity (Wildman–Crippen MR) is 67.7 cm³/mol. The van der Waals surface area contributed by atoms with Gasteiger partial charge in [-0.3, -0.25) is 14.5 Å². The second-order valence-electron chi connectivity index (χ2n) is 6.03. The van der Waals surface area contributed by atoms with Crippen molar-refractivity contribution in [2.45, 2.75) is 52.6 Å². The fourth-order valence-corrected chi connectivity index (χ4v) is 2.04. The summed E-state index contributed by atoms with van der Waals surface area (Å²) in [6, 6.07) is -0.162. The van der Waals surface area contributed by atoms with Crippen molar-refractivity contribution in [3.8, 4) is 0 Å². The number of amides is 1. The Morgan fingerprint density at radius 3 is 2.53 bits per heavy atom. The lowest BCUT2D eigenvalue weighted by Gasteiger charge is -2.35. The van der Waals surface area contributed by atoms with Crippen LogP contribution in [0.4, 0.5) is 0 Å². The lowest BCUT2D eigenvalue weighted by atomic mass is 9.97. The van der Waals surface area contributed by atoms with Gasteiger partial charge in [-0.2, -0.15) is 0 Å². The van der Waals surface area contributed by atoms with Gasteiger partial charge in [-0.1, -0.05) is 6.92 Å². The predicted octanol–water partition coefficient (Wildman–Crippen LogP) is 1.20. The van der Waals surface area contributed by atoms with Gasteiger partial charge in [-0.15, -0.1) is 0 Å². The molecule has 2 unspecified atom stereocenters. The number of nitrogens with one attached hydrogen (secondary N) is 1. The number of hydrogen-bond acceptors (Lipinski definition) is 3. The molecule has 0 aromatic carbocycles. The molecule has 98 valence electrons. The zero-order chi connectivity index (χ0) is 13.2. The lowest BCUT2D eigenvalue weighted by Crippen LogP contribution is -2.54. The average molecular weight is 240 g/mol. The Bertz CT molecular complexity index is 307. The van der Waals surface area contributed by atoms with Crippen LogP contribution in [0.1, 0.15) is 41.0 Å². The van der Waals surface area contributed by atoms with Crippen LogP contribution in [-0.2, 0) is 9.59 Å². The molecule has 1 rings (SSSR count). The molecule has 1 N–H and O–H groups in total. The van der Waals surface area contributed by atoms with Crippen LogP contribution >= 0.6 is 0 Å². The standard InChI is InChI=1S/C13H24N2O2/c1-9-8-15(7-6-11(9)16)10(2)12(17)14-13(3,4)5/h9-10H,6-8H2,1-5H3,(H,14,17). The van der Waals surface area contributed by atoms with Gasteiger partial charge in [0, 0.05) is 31.0 Å². The lowest BCUT2D eigenvalue weighted by molar-refractivity contribution is -0.132. The summed E-state index contributed by atoms with van der Waals surface area (Å²) in [5.41, 5.74) is -0.206. The fraction of sp³-hybridized carbons (Fsp3) is 0.846. The van der Waals surface area contributed by atoms with E-state index in [1.165, 1.54) is 0 Å². The van der Waals surface area contributed by atoms with Gasteiger partial charge in [0.2, 0.25) is 5.91 Å². The van der Waals surface area contributed by atoms with Gasteiger partial charge in [0.25, 0.3) is 0 Å². The maximum atomic E-state index is 12.0. The molecule has 0 spiro atoms. The van der Waals surface area contributed by atoms with E-state index in [2.05, 4.69) is 10.2 Å². The number of carbonyl (C=O) groups excluding carboxylic acids is 2. The van der Waals surface area contributed by atoms with E-state index in [4.69, 9.17) is 0 Å². The maximum Gasteiger partial charge on any atom is 0.237 e. The minimum absolute atomic E-state index is 0.0408. The van der Waals surface area contributed by atoms with Crippen LogP contribution in [0.25, 0.3) is 0 Å². The molecule has 4 nitrogen and oxygen atoms in total. The third kappa shape index (κ3) is 4.11. The summed E-state index contributed by atoms with van der Waals surface area (Å²) < 4.78 is 0. The van der Waals surface area contributed by atoms with Crippen molar-refractivity contribution >= 4 is 11.7 Å². The van der Waals surface area contributed by atoms with Gasteiger partial charge in [0.05, 0.1) is 6.04 Å². The normalized spacial score (nSPS) is 24.5. The second-order valence-corrected chi connectivity index (χ2v) is 6.03. The monoisotopic (exact) mass is 240 g/mol. The highest BCUT2D eigenvalue weighted by molar-refractivity contribution is 5.84. The number of Topliss-reactive ketones (excluding diaryl/α,β-unsaturated/α-hetero) is 1. The number of carbonyl (C=O) groups is 2. The third-order valence-electron chi connectivity index (χ3n) is 3.13. The van der Waals surface area contributed by atoms with Gasteiger partial charge in [-0.05, 0) is 27.7 Å². The van der Waals surface area contributed by atoms with Crippen molar-refractivity contribution in [1.29, 1.82) is 0 Å². The maximum absolute atomic E-state index is 12.0. The number of ketones is 1. The van der Waals surface area contributed by atoms with Crippen LogP contribution in [0.2, 0.25) is 0 Å². The second kappa shape index (κ2) is 5.17. The zero-order valence-electron chi connectivity index (χ0n) is 11.5. The number of likely N-dealkylation sites (tertiary alicyclic amines) is 1. The summed E-state index contributed by atoms with van der Waals surface area (Å²) >= 11 is 0. The molecule has 0 aliphatic carbocycles. The third-order valence-corrected chi connectivity index (χ3v) is 3.13. The highest BCUT2D eigenvalue weighted by Crippen LogP contribution is 2.15. The van der Waals surface area contributed by atoms with Crippen molar-refractivity contribution in [2.75, 3.05) is 13.1 Å². The van der Waals surface area contributed by atoms with Crippen molar-refractivity contribution in [3.05, 3.63) is 0 Å². The van der Waals surface area contributed by atoms with Gasteiger partial charge in [0.1, 0.15) is 5.78 Å². The summed E-state index contributed by atoms with van der Waals surface area (Å²) in [6.45, 7) is 11.1. The molecule has 2 atom stereocenters. The van der Waals surface area contributed by atoms with E-state index in [9.17, 15) is 9.59 Å². The average Bonchev–Trinajstić information content (AvgIpc) is 2.18. The Labute approximate surface area is 104 Å². The quantitative estimate of drug-likeness (QED) is 0.789. The van der Waals surface area contributed by atoms with Crippen molar-refractivity contribution < 1.29 is 9.59 Å². The smallest absolute Gasteiger partial charge is 0.237 e. The van der Waals surface area contributed by atoms with Crippen molar-refractivity contribution in [1.82, 2.24) is 10.2 Å². The first-order valence-electron chi connectivity index (χ1n) is 6.29. The van der Waals surface area contributed by atoms with Crippen molar-refractivity contribution in [2.24, 2.45) is 5.92 Å². The summed E-state index contributed by atoms with van der Waals surface area (Å²) in [7, 11) is 0. The summed E-state index contributed by atoms with van der Waals surface area (Å²) in [5, 5.41) is 2.98. The molecule has 0 aromatic heterocycles. The molecule has 1 aliphatic rings. The molecule has 17 heavy (non-hydrogen) atoms. The highest BCUT2D eigenvalue weighted by atomic mass is 16.2. The van der Waals surface area contributed by atoms with Gasteiger partial charge >= 0.3 is 0 Å². The van der Waals surface area contributed by atoms with E-state index >= 15 is 0 Å². The van der Waals surface area contributed by atoms with Gasteiger partial charge in [0.15, 0.2) is 0 Å². The van der Waals surface area contributed by atoms with E-state index in [1.807, 2.05) is 34.6 Å². The molecule has 0 aromatic rings. The van der Waals surface area contributed by atoms with Crippen LogP contribution in [0.5, 0.6) is 0 Å². The van der Waals surface area contributed by atoms with E-state index in [1.54, 1.807) is 0 Å². The first-order chi connectivity index (χ1) is 7.70. The van der Waals surface area contributed by atoms with E-state index < -0.39 is 0 Å². The first kappa shape index (κ1) is 14.2. The molecular formula is C13H24N2O2. The van der Waals surface area contributed by atoms with Crippen LogP contribution in [0, 0.1) is 5.92 Å². The topological polar surface area (TPSA) is 49.4 Å². The van der Waals surface area contributed by atoms with Gasteiger partial charge in [-0.25, -0.2) is 0 Å². The molecular weight excluding hydrogens is 216 g/mol. The van der Waals surface area contributed by atoms with E-state index in [0.717, 1.165) is 0 Å². The SMILES string of the molecule is CC1CN(C(C)C(=O)NC(C)(C)C)CCC1=O. The number of rotatable bonds is 2. The summed E-state index contributed by atoms with van der Waals surface area (Å²) in [5.74, 6) is 0.400. The Balaban J connectivity index is 2.55. The molecule has 1 aliphatic heterocycles. The first-order valence-corrected chi connectivity index (χ1v) is 6.29. The Kier molecular flexibility index (Phi) is 4.31. The number of nitrogens with zero attached hydrogens (tertiary/aromatic N) is 1. The molecule has 0 saturated carbocycles. The summed E-state index contributed by atoms with van der Waals surface area (Å²) in [4.78, 5) is 25.5. The Morgan fingerprint density at radius 1 is 1.47 bits per heavy atom. The Hall–Kier alpha value is -0.900. The number of hydrogen-bond donors (Lipinski definition) is 1. The molecule has 1 heterocycles. The highest BCUT2D eigenvalue weighted by Gasteiger charge is 2.30.